The number of benzene rings is 2. The molecule has 6 nitrogen and oxygen atoms in total. The molecule has 0 spiro atoms. The summed E-state index contributed by atoms with van der Waals surface area (Å²) < 4.78 is 23.4. The Balaban J connectivity index is 1.91. The second-order valence-electron chi connectivity index (χ2n) is 7.97. The smallest absolute Gasteiger partial charge is 0.461 e. The Morgan fingerprint density at radius 2 is 1.72 bits per heavy atom. The largest absolute Gasteiger partial charge is 0.495 e. The van der Waals surface area contributed by atoms with Gasteiger partial charge in [-0.2, -0.15) is 5.26 Å². The van der Waals surface area contributed by atoms with Crippen molar-refractivity contribution in [1.29, 1.82) is 5.26 Å². The van der Waals surface area contributed by atoms with Gasteiger partial charge in [-0.25, -0.2) is 0 Å². The van der Waals surface area contributed by atoms with Crippen LogP contribution in [0.2, 0.25) is 0 Å². The van der Waals surface area contributed by atoms with Crippen molar-refractivity contribution in [3.05, 3.63) is 53.6 Å². The van der Waals surface area contributed by atoms with Gasteiger partial charge in [0.25, 0.3) is 0 Å². The number of nitrogens with zero attached hydrogens (tertiary/aromatic N) is 1. The molecule has 0 atom stereocenters. The predicted molar refractivity (Wildman–Crippen MR) is 109 cm³/mol. The number of esters is 1. The first-order valence-electron chi connectivity index (χ1n) is 9.41. The van der Waals surface area contributed by atoms with Crippen molar-refractivity contribution in [1.82, 2.24) is 0 Å². The minimum absolute atomic E-state index is 0.0736. The fourth-order valence-electron chi connectivity index (χ4n) is 2.92. The van der Waals surface area contributed by atoms with E-state index in [1.807, 2.05) is 33.8 Å². The van der Waals surface area contributed by atoms with Crippen LogP contribution < -0.4 is 10.2 Å². The number of carbonyl (C=O) groups excluding carboxylic acids is 1. The molecule has 0 saturated carbocycles. The Labute approximate surface area is 171 Å². The van der Waals surface area contributed by atoms with Gasteiger partial charge in [0.05, 0.1) is 22.8 Å². The van der Waals surface area contributed by atoms with Crippen molar-refractivity contribution >= 4 is 18.6 Å². The minimum Gasteiger partial charge on any atom is -0.461 e. The van der Waals surface area contributed by atoms with E-state index in [2.05, 4.69) is 6.07 Å². The third-order valence-electron chi connectivity index (χ3n) is 5.25. The molecule has 0 aliphatic carbocycles. The van der Waals surface area contributed by atoms with E-state index < -0.39 is 18.3 Å². The number of ether oxygens (including phenoxy) is 2. The molecule has 2 aromatic carbocycles. The molecule has 0 unspecified atom stereocenters. The molecule has 3 rings (SSSR count). The van der Waals surface area contributed by atoms with Gasteiger partial charge >= 0.3 is 13.1 Å². The third-order valence-corrected chi connectivity index (χ3v) is 5.25. The Kier molecular flexibility index (Phi) is 5.69. The van der Waals surface area contributed by atoms with Crippen LogP contribution in [-0.4, -0.2) is 24.3 Å². The number of hydrogen-bond donors (Lipinski definition) is 0. The second kappa shape index (κ2) is 7.90. The Bertz CT molecular complexity index is 948. The van der Waals surface area contributed by atoms with Crippen LogP contribution >= 0.6 is 0 Å². The highest BCUT2D eigenvalue weighted by Crippen LogP contribution is 2.37. The summed E-state index contributed by atoms with van der Waals surface area (Å²) in [5, 5.41) is 9.05. The quantitative estimate of drug-likeness (QED) is 0.569. The molecule has 2 aromatic rings. The molecule has 1 fully saturated rings. The molecule has 0 N–H and O–H groups in total. The fraction of sp³-hybridized carbons (Fsp3) is 0.364. The molecule has 150 valence electrons. The Morgan fingerprint density at radius 1 is 1.07 bits per heavy atom. The van der Waals surface area contributed by atoms with Crippen LogP contribution in [0.5, 0.6) is 11.5 Å². The lowest BCUT2D eigenvalue weighted by atomic mass is 9.76. The summed E-state index contributed by atoms with van der Waals surface area (Å²) in [5.74, 6) is 0.728. The van der Waals surface area contributed by atoms with E-state index in [9.17, 15) is 4.79 Å². The summed E-state index contributed by atoms with van der Waals surface area (Å²) in [6.07, 6.45) is 0. The van der Waals surface area contributed by atoms with Gasteiger partial charge in [0, 0.05) is 6.92 Å². The lowest BCUT2D eigenvalue weighted by molar-refractivity contribution is -0.142. The summed E-state index contributed by atoms with van der Waals surface area (Å²) in [6, 6.07) is 14.4. The first-order valence-corrected chi connectivity index (χ1v) is 9.41. The van der Waals surface area contributed by atoms with E-state index in [1.165, 1.54) is 6.92 Å². The maximum absolute atomic E-state index is 11.4. The van der Waals surface area contributed by atoms with Gasteiger partial charge in [0.2, 0.25) is 0 Å². The van der Waals surface area contributed by atoms with Crippen LogP contribution in [0, 0.1) is 11.3 Å². The zero-order valence-corrected chi connectivity index (χ0v) is 17.3. The molecule has 7 heteroatoms. The fourth-order valence-corrected chi connectivity index (χ4v) is 2.92. The van der Waals surface area contributed by atoms with E-state index >= 15 is 0 Å². The van der Waals surface area contributed by atoms with Crippen LogP contribution in [-0.2, 0) is 25.4 Å². The Hall–Kier alpha value is -2.82. The molecule has 1 saturated heterocycles. The zero-order chi connectivity index (χ0) is 21.2. The molecular formula is C22H24BNO5. The Morgan fingerprint density at radius 3 is 2.34 bits per heavy atom. The summed E-state index contributed by atoms with van der Waals surface area (Å²) in [7, 11) is -0.582. The predicted octanol–water partition coefficient (Wildman–Crippen LogP) is 3.71. The van der Waals surface area contributed by atoms with E-state index in [4.69, 9.17) is 24.0 Å². The van der Waals surface area contributed by atoms with Crippen molar-refractivity contribution in [2.45, 2.75) is 52.4 Å². The van der Waals surface area contributed by atoms with Crippen LogP contribution in [0.3, 0.4) is 0 Å². The summed E-state index contributed by atoms with van der Waals surface area (Å²) >= 11 is 0. The highest BCUT2D eigenvalue weighted by Gasteiger charge is 2.52. The molecule has 0 bridgehead atoms. The lowest BCUT2D eigenvalue weighted by Gasteiger charge is -2.32. The molecule has 0 aromatic heterocycles. The van der Waals surface area contributed by atoms with Gasteiger partial charge in [0.15, 0.2) is 0 Å². The van der Waals surface area contributed by atoms with E-state index in [0.29, 0.717) is 17.1 Å². The average Bonchev–Trinajstić information content (AvgIpc) is 2.87. The highest BCUT2D eigenvalue weighted by atomic mass is 16.7. The molecule has 29 heavy (non-hydrogen) atoms. The van der Waals surface area contributed by atoms with E-state index in [0.717, 1.165) is 11.0 Å². The van der Waals surface area contributed by atoms with Gasteiger partial charge in [-0.3, -0.25) is 4.79 Å². The molecule has 1 heterocycles. The highest BCUT2D eigenvalue weighted by molar-refractivity contribution is 6.62. The topological polar surface area (TPSA) is 77.8 Å². The second-order valence-corrected chi connectivity index (χ2v) is 7.97. The maximum Gasteiger partial charge on any atom is 0.495 e. The van der Waals surface area contributed by atoms with Gasteiger partial charge in [-0.1, -0.05) is 12.1 Å². The normalized spacial score (nSPS) is 16.9. The van der Waals surface area contributed by atoms with Gasteiger partial charge in [0.1, 0.15) is 18.1 Å². The molecule has 1 aliphatic rings. The van der Waals surface area contributed by atoms with Gasteiger partial charge in [-0.15, -0.1) is 0 Å². The zero-order valence-electron chi connectivity index (χ0n) is 17.3. The first kappa shape index (κ1) is 20.9. The summed E-state index contributed by atoms with van der Waals surface area (Å²) in [6.45, 7) is 9.38. The number of nitriles is 1. The van der Waals surface area contributed by atoms with Crippen molar-refractivity contribution in [2.24, 2.45) is 0 Å². The third kappa shape index (κ3) is 4.61. The monoisotopic (exact) mass is 393 g/mol. The number of carbonyl (C=O) groups is 1. The van der Waals surface area contributed by atoms with Crippen LogP contribution in [0.1, 0.15) is 45.7 Å². The van der Waals surface area contributed by atoms with Crippen molar-refractivity contribution < 1.29 is 23.6 Å². The van der Waals surface area contributed by atoms with Crippen LogP contribution in [0.25, 0.3) is 0 Å². The number of rotatable bonds is 5. The van der Waals surface area contributed by atoms with Crippen LogP contribution in [0.4, 0.5) is 0 Å². The summed E-state index contributed by atoms with van der Waals surface area (Å²) in [4.78, 5) is 11.4. The van der Waals surface area contributed by atoms with Crippen molar-refractivity contribution in [3.63, 3.8) is 0 Å². The first-order chi connectivity index (χ1) is 13.6. The van der Waals surface area contributed by atoms with Crippen molar-refractivity contribution in [2.75, 3.05) is 0 Å². The van der Waals surface area contributed by atoms with Gasteiger partial charge < -0.3 is 18.8 Å². The number of hydrogen-bond acceptors (Lipinski definition) is 6. The SMILES string of the molecule is CC(=O)OCc1cc(Oc2cccc(C#N)c2)ccc1B1OC(C)(C)C(C)(C)O1. The average molecular weight is 393 g/mol. The van der Waals surface area contributed by atoms with Crippen LogP contribution in [0.15, 0.2) is 42.5 Å². The maximum atomic E-state index is 11.4. The van der Waals surface area contributed by atoms with E-state index in [1.54, 1.807) is 36.4 Å². The molecule has 0 amide bonds. The lowest BCUT2D eigenvalue weighted by Crippen LogP contribution is -2.41. The molecular weight excluding hydrogens is 369 g/mol. The summed E-state index contributed by atoms with van der Waals surface area (Å²) in [5.41, 5.74) is 1.05. The standard InChI is InChI=1S/C22H24BNO5/c1-15(25)26-14-17-12-19(27-18-8-6-7-16(11-18)13-24)9-10-20(17)23-28-21(2,3)22(4,5)29-23/h6-12H,14H2,1-5H3. The minimum atomic E-state index is -0.582. The molecule has 0 radical (unpaired) electrons. The molecule has 1 aliphatic heterocycles. The van der Waals surface area contributed by atoms with Crippen molar-refractivity contribution in [3.8, 4) is 17.6 Å². The van der Waals surface area contributed by atoms with E-state index in [-0.39, 0.29) is 12.6 Å². The van der Waals surface area contributed by atoms with Gasteiger partial charge in [-0.05, 0) is 69.1 Å².